The maximum absolute atomic E-state index is 12.5. The number of esters is 1. The molecule has 0 bridgehead atoms. The summed E-state index contributed by atoms with van der Waals surface area (Å²) in [5.41, 5.74) is 2.74. The van der Waals surface area contributed by atoms with E-state index in [1.165, 1.54) is 26.4 Å². The van der Waals surface area contributed by atoms with E-state index in [0.717, 1.165) is 22.9 Å². The lowest BCUT2D eigenvalue weighted by Gasteiger charge is -2.09. The average molecular weight is 424 g/mol. The molecule has 0 aliphatic heterocycles. The van der Waals surface area contributed by atoms with Crippen molar-refractivity contribution in [2.24, 2.45) is 0 Å². The largest absolute Gasteiger partial charge is 0.497 e. The van der Waals surface area contributed by atoms with Crippen LogP contribution in [0.3, 0.4) is 0 Å². The molecule has 0 saturated heterocycles. The highest BCUT2D eigenvalue weighted by molar-refractivity contribution is 6.09. The minimum atomic E-state index is -0.717. The molecule has 31 heavy (non-hydrogen) atoms. The molecule has 2 N–H and O–H groups in total. The van der Waals surface area contributed by atoms with E-state index in [0.29, 0.717) is 17.1 Å². The average Bonchev–Trinajstić information content (AvgIpc) is 3.24. The van der Waals surface area contributed by atoms with Gasteiger partial charge in [0, 0.05) is 34.3 Å². The number of methoxy groups -OCH3 is 2. The highest BCUT2D eigenvalue weighted by atomic mass is 16.5. The van der Waals surface area contributed by atoms with Gasteiger partial charge in [-0.05, 0) is 24.1 Å². The Morgan fingerprint density at radius 3 is 2.39 bits per heavy atom. The zero-order chi connectivity index (χ0) is 22.4. The number of aryl methyl sites for hydroxylation is 1. The molecule has 8 heteroatoms. The molecule has 1 aromatic heterocycles. The van der Waals surface area contributed by atoms with Gasteiger partial charge in [0.2, 0.25) is 5.78 Å². The van der Waals surface area contributed by atoms with Crippen LogP contribution in [0.5, 0.6) is 11.5 Å². The number of ether oxygens (including phenoxy) is 3. The summed E-state index contributed by atoms with van der Waals surface area (Å²) in [7, 11) is 2.95. The number of carbonyl (C=O) groups is 3. The van der Waals surface area contributed by atoms with E-state index in [9.17, 15) is 14.4 Å². The standard InChI is InChI=1S/C23H24N2O6/c1-4-14-6-5-7-18-19(11-24-22(14)18)20(26)13-31-21(27)12-25-23(28)15-8-16(29-2)10-17(9-15)30-3/h5-11,24H,4,12-13H2,1-3H3,(H,25,28). The Morgan fingerprint density at radius 2 is 1.74 bits per heavy atom. The van der Waals surface area contributed by atoms with Crippen molar-refractivity contribution in [2.45, 2.75) is 13.3 Å². The maximum atomic E-state index is 12.5. The molecular weight excluding hydrogens is 400 g/mol. The fourth-order valence-electron chi connectivity index (χ4n) is 3.21. The lowest BCUT2D eigenvalue weighted by molar-refractivity contribution is -0.141. The Kier molecular flexibility index (Phi) is 6.92. The van der Waals surface area contributed by atoms with Gasteiger partial charge in [0.25, 0.3) is 5.91 Å². The van der Waals surface area contributed by atoms with E-state index in [2.05, 4.69) is 10.3 Å². The molecule has 162 valence electrons. The van der Waals surface area contributed by atoms with Crippen molar-refractivity contribution in [1.29, 1.82) is 0 Å². The summed E-state index contributed by atoms with van der Waals surface area (Å²) in [5, 5.41) is 3.25. The number of nitrogens with one attached hydrogen (secondary N) is 2. The third-order valence-corrected chi connectivity index (χ3v) is 4.85. The smallest absolute Gasteiger partial charge is 0.325 e. The Bertz CT molecular complexity index is 1100. The van der Waals surface area contributed by atoms with Crippen LogP contribution in [-0.4, -0.2) is 50.0 Å². The van der Waals surface area contributed by atoms with Crippen molar-refractivity contribution in [1.82, 2.24) is 10.3 Å². The van der Waals surface area contributed by atoms with Gasteiger partial charge in [-0.25, -0.2) is 0 Å². The van der Waals surface area contributed by atoms with Crippen LogP contribution >= 0.6 is 0 Å². The third-order valence-electron chi connectivity index (χ3n) is 4.85. The molecule has 0 spiro atoms. The van der Waals surface area contributed by atoms with Crippen molar-refractivity contribution in [2.75, 3.05) is 27.4 Å². The van der Waals surface area contributed by atoms with Gasteiger partial charge in [-0.2, -0.15) is 0 Å². The topological polar surface area (TPSA) is 107 Å². The molecule has 0 aliphatic rings. The molecule has 3 rings (SSSR count). The third kappa shape index (κ3) is 5.03. The number of amides is 1. The van der Waals surface area contributed by atoms with Crippen LogP contribution in [-0.2, 0) is 16.0 Å². The SMILES string of the molecule is CCc1cccc2c(C(=O)COC(=O)CNC(=O)c3cc(OC)cc(OC)c3)c[nH]c12. The Morgan fingerprint density at radius 1 is 1.03 bits per heavy atom. The fraction of sp³-hybridized carbons (Fsp3) is 0.261. The normalized spacial score (nSPS) is 10.5. The molecule has 0 unspecified atom stereocenters. The predicted octanol–water partition coefficient (Wildman–Crippen LogP) is 2.90. The van der Waals surface area contributed by atoms with Crippen LogP contribution in [0.15, 0.2) is 42.6 Å². The van der Waals surface area contributed by atoms with Crippen LogP contribution in [0.2, 0.25) is 0 Å². The lowest BCUT2D eigenvalue weighted by Crippen LogP contribution is -2.31. The minimum Gasteiger partial charge on any atom is -0.497 e. The molecule has 0 saturated carbocycles. The molecule has 1 amide bonds. The second-order valence-corrected chi connectivity index (χ2v) is 6.76. The summed E-state index contributed by atoms with van der Waals surface area (Å²) in [6, 6.07) is 10.4. The van der Waals surface area contributed by atoms with E-state index in [1.54, 1.807) is 12.3 Å². The van der Waals surface area contributed by atoms with Gasteiger partial charge in [0.05, 0.1) is 14.2 Å². The number of H-pyrrole nitrogens is 1. The van der Waals surface area contributed by atoms with Crippen molar-refractivity contribution < 1.29 is 28.6 Å². The molecule has 8 nitrogen and oxygen atoms in total. The summed E-state index contributed by atoms with van der Waals surface area (Å²) in [6.07, 6.45) is 2.46. The number of hydrogen-bond acceptors (Lipinski definition) is 6. The molecule has 3 aromatic rings. The summed E-state index contributed by atoms with van der Waals surface area (Å²) < 4.78 is 15.3. The number of ketones is 1. The monoisotopic (exact) mass is 424 g/mol. The van der Waals surface area contributed by atoms with Crippen LogP contribution < -0.4 is 14.8 Å². The van der Waals surface area contributed by atoms with Gasteiger partial charge in [-0.3, -0.25) is 14.4 Å². The highest BCUT2D eigenvalue weighted by Crippen LogP contribution is 2.23. The first kappa shape index (κ1) is 21.9. The van der Waals surface area contributed by atoms with Crippen molar-refractivity contribution in [3.63, 3.8) is 0 Å². The first-order valence-electron chi connectivity index (χ1n) is 9.75. The number of aromatic nitrogens is 1. The van der Waals surface area contributed by atoms with E-state index < -0.39 is 18.5 Å². The van der Waals surface area contributed by atoms with E-state index in [-0.39, 0.29) is 17.9 Å². The molecule has 0 atom stereocenters. The van der Waals surface area contributed by atoms with E-state index in [4.69, 9.17) is 14.2 Å². The minimum absolute atomic E-state index is 0.269. The molecule has 0 radical (unpaired) electrons. The molecule has 0 aliphatic carbocycles. The summed E-state index contributed by atoms with van der Waals surface area (Å²) in [5.74, 6) is -0.642. The second kappa shape index (κ2) is 9.80. The zero-order valence-corrected chi connectivity index (χ0v) is 17.6. The number of rotatable bonds is 9. The van der Waals surface area contributed by atoms with Crippen molar-refractivity contribution in [3.05, 3.63) is 59.3 Å². The summed E-state index contributed by atoms with van der Waals surface area (Å²) >= 11 is 0. The van der Waals surface area contributed by atoms with Crippen LogP contribution in [0.4, 0.5) is 0 Å². The van der Waals surface area contributed by atoms with E-state index >= 15 is 0 Å². The lowest BCUT2D eigenvalue weighted by atomic mass is 10.1. The quantitative estimate of drug-likeness (QED) is 0.404. The molecule has 0 fully saturated rings. The fourth-order valence-corrected chi connectivity index (χ4v) is 3.21. The van der Waals surface area contributed by atoms with Gasteiger partial charge in [-0.1, -0.05) is 25.1 Å². The summed E-state index contributed by atoms with van der Waals surface area (Å²) in [6.45, 7) is 1.25. The van der Waals surface area contributed by atoms with Gasteiger partial charge >= 0.3 is 5.97 Å². The van der Waals surface area contributed by atoms with Crippen molar-refractivity contribution >= 4 is 28.6 Å². The van der Waals surface area contributed by atoms with Crippen LogP contribution in [0.1, 0.15) is 33.2 Å². The van der Waals surface area contributed by atoms with Gasteiger partial charge in [-0.15, -0.1) is 0 Å². The number of hydrogen-bond donors (Lipinski definition) is 2. The van der Waals surface area contributed by atoms with Gasteiger partial charge in [0.15, 0.2) is 6.61 Å². The van der Waals surface area contributed by atoms with Gasteiger partial charge < -0.3 is 24.5 Å². The maximum Gasteiger partial charge on any atom is 0.325 e. The molecular formula is C23H24N2O6. The van der Waals surface area contributed by atoms with E-state index in [1.807, 2.05) is 25.1 Å². The first-order valence-corrected chi connectivity index (χ1v) is 9.75. The first-order chi connectivity index (χ1) is 15.0. The number of para-hydroxylation sites is 1. The number of carbonyl (C=O) groups excluding carboxylic acids is 3. The number of Topliss-reactive ketones (excluding diaryl/α,β-unsaturated/α-hetero) is 1. The van der Waals surface area contributed by atoms with Crippen LogP contribution in [0, 0.1) is 0 Å². The molecule has 2 aromatic carbocycles. The predicted molar refractivity (Wildman–Crippen MR) is 115 cm³/mol. The van der Waals surface area contributed by atoms with Crippen LogP contribution in [0.25, 0.3) is 10.9 Å². The Labute approximate surface area is 179 Å². The Hall–Kier alpha value is -3.81. The highest BCUT2D eigenvalue weighted by Gasteiger charge is 2.16. The number of benzene rings is 2. The Balaban J connectivity index is 1.56. The molecule has 1 heterocycles. The van der Waals surface area contributed by atoms with Gasteiger partial charge in [0.1, 0.15) is 18.0 Å². The number of aromatic amines is 1. The zero-order valence-electron chi connectivity index (χ0n) is 17.6. The second-order valence-electron chi connectivity index (χ2n) is 6.76. The summed E-state index contributed by atoms with van der Waals surface area (Å²) in [4.78, 5) is 40.0. The number of fused-ring (bicyclic) bond motifs is 1. The van der Waals surface area contributed by atoms with Crippen molar-refractivity contribution in [3.8, 4) is 11.5 Å².